The third kappa shape index (κ3) is 4.04. The molecule has 184 valence electrons. The number of esters is 1. The summed E-state index contributed by atoms with van der Waals surface area (Å²) in [7, 11) is 0. The van der Waals surface area contributed by atoms with Crippen LogP contribution in [-0.4, -0.2) is 87.6 Å². The Morgan fingerprint density at radius 1 is 1.36 bits per heavy atom. The Labute approximate surface area is 203 Å². The van der Waals surface area contributed by atoms with Crippen molar-refractivity contribution >= 4 is 33.7 Å². The molecule has 0 aromatic carbocycles. The van der Waals surface area contributed by atoms with Crippen molar-refractivity contribution in [3.05, 3.63) is 12.7 Å². The second kappa shape index (κ2) is 10.0. The normalized spacial score (nSPS) is 35.5. The van der Waals surface area contributed by atoms with Crippen molar-refractivity contribution in [3.63, 3.8) is 0 Å². The zero-order chi connectivity index (χ0) is 23.8. The van der Waals surface area contributed by atoms with Gasteiger partial charge in [0.15, 0.2) is 0 Å². The topological polar surface area (TPSA) is 96.4 Å². The average molecular weight is 527 g/mol. The van der Waals surface area contributed by atoms with E-state index >= 15 is 0 Å². The minimum absolute atomic E-state index is 0.0901. The highest BCUT2D eigenvalue weighted by molar-refractivity contribution is 9.09. The van der Waals surface area contributed by atoms with E-state index in [0.29, 0.717) is 19.4 Å². The zero-order valence-electron chi connectivity index (χ0n) is 19.3. The maximum absolute atomic E-state index is 14.2. The van der Waals surface area contributed by atoms with E-state index < -0.39 is 35.6 Å². The first kappa shape index (κ1) is 24.7. The second-order valence-electron chi connectivity index (χ2n) is 9.60. The number of likely N-dealkylation sites (tertiary alicyclic amines) is 1. The highest BCUT2D eigenvalue weighted by atomic mass is 79.9. The number of nitrogens with zero attached hydrogens (tertiary/aromatic N) is 2. The highest BCUT2D eigenvalue weighted by Gasteiger charge is 2.77. The molecule has 0 radical (unpaired) electrons. The fourth-order valence-electron chi connectivity index (χ4n) is 6.51. The van der Waals surface area contributed by atoms with Crippen molar-refractivity contribution in [2.24, 2.45) is 11.8 Å². The van der Waals surface area contributed by atoms with Gasteiger partial charge in [0.25, 0.3) is 0 Å². The number of carbonyl (C=O) groups is 3. The molecule has 4 fully saturated rings. The molecule has 4 aliphatic rings. The molecule has 0 aromatic heterocycles. The average Bonchev–Trinajstić information content (AvgIpc) is 3.40. The second-order valence-corrected chi connectivity index (χ2v) is 10.8. The van der Waals surface area contributed by atoms with E-state index in [1.54, 1.807) is 17.9 Å². The summed E-state index contributed by atoms with van der Waals surface area (Å²) in [5.41, 5.74) is -1.08. The standard InChI is InChI=1S/C24H35BrN2O6/c1-3-11-26(15-9-6-5-7-10-15)22(30)20-24-14-16(25)19(33-24)17(23(31)32-4-2)18(24)21(29)27(20)12-8-13-28/h3,15-20,28H,1,4-14H2,2H3/t16?,17-,18+,19-,20?,24?/m1/s1. The number of hydrogen-bond donors (Lipinski definition) is 1. The molecule has 33 heavy (non-hydrogen) atoms. The molecule has 2 amide bonds. The van der Waals surface area contributed by atoms with Gasteiger partial charge < -0.3 is 24.4 Å². The van der Waals surface area contributed by atoms with E-state index in [1.165, 1.54) is 6.42 Å². The largest absolute Gasteiger partial charge is 0.466 e. The van der Waals surface area contributed by atoms with Crippen LogP contribution in [0.3, 0.4) is 0 Å². The van der Waals surface area contributed by atoms with Gasteiger partial charge in [0.05, 0.1) is 24.5 Å². The molecule has 8 nitrogen and oxygen atoms in total. The van der Waals surface area contributed by atoms with E-state index in [1.807, 2.05) is 4.90 Å². The van der Waals surface area contributed by atoms with E-state index in [4.69, 9.17) is 9.47 Å². The van der Waals surface area contributed by atoms with Gasteiger partial charge in [-0.15, -0.1) is 6.58 Å². The molecule has 1 spiro atoms. The summed E-state index contributed by atoms with van der Waals surface area (Å²) in [6.07, 6.45) is 7.24. The zero-order valence-corrected chi connectivity index (χ0v) is 20.9. The number of ether oxygens (including phenoxy) is 2. The Bertz CT molecular complexity index is 787. The minimum atomic E-state index is -1.08. The van der Waals surface area contributed by atoms with Gasteiger partial charge in [-0.1, -0.05) is 41.3 Å². The maximum atomic E-state index is 14.2. The van der Waals surface area contributed by atoms with E-state index in [9.17, 15) is 19.5 Å². The fourth-order valence-corrected chi connectivity index (χ4v) is 7.45. The summed E-state index contributed by atoms with van der Waals surface area (Å²) in [6.45, 7) is 6.38. The molecule has 6 atom stereocenters. The van der Waals surface area contributed by atoms with Gasteiger partial charge in [0.1, 0.15) is 11.6 Å². The molecule has 2 bridgehead atoms. The molecule has 3 aliphatic heterocycles. The van der Waals surface area contributed by atoms with Crippen molar-refractivity contribution in [2.75, 3.05) is 26.3 Å². The number of halogens is 1. The SMILES string of the molecule is C=CCN(C(=O)C1N(CCCO)C(=O)[C@@H]2[C@@H](C(=O)OCC)[C@@H]3OC12CC3Br)C1CCCCC1. The third-order valence-electron chi connectivity index (χ3n) is 7.76. The molecule has 4 rings (SSSR count). The number of carbonyl (C=O) groups excluding carboxylic acids is 3. The predicted octanol–water partition coefficient (Wildman–Crippen LogP) is 2.03. The molecule has 3 heterocycles. The van der Waals surface area contributed by atoms with Crippen LogP contribution in [0.5, 0.6) is 0 Å². The van der Waals surface area contributed by atoms with Crippen molar-refractivity contribution in [3.8, 4) is 0 Å². The fraction of sp³-hybridized carbons (Fsp3) is 0.792. The number of amides is 2. The van der Waals surface area contributed by atoms with Gasteiger partial charge in [0, 0.05) is 30.6 Å². The van der Waals surface area contributed by atoms with Crippen molar-refractivity contribution < 1.29 is 29.0 Å². The lowest BCUT2D eigenvalue weighted by atomic mass is 9.70. The van der Waals surface area contributed by atoms with E-state index in [0.717, 1.165) is 25.7 Å². The number of aliphatic hydroxyl groups excluding tert-OH is 1. The van der Waals surface area contributed by atoms with Crippen LogP contribution in [0.2, 0.25) is 0 Å². The first-order valence-electron chi connectivity index (χ1n) is 12.2. The molecule has 1 aliphatic carbocycles. The number of aliphatic hydroxyl groups is 1. The summed E-state index contributed by atoms with van der Waals surface area (Å²) in [6, 6.07) is -0.721. The summed E-state index contributed by atoms with van der Waals surface area (Å²) >= 11 is 3.66. The number of alkyl halides is 1. The summed E-state index contributed by atoms with van der Waals surface area (Å²) in [4.78, 5) is 44.1. The summed E-state index contributed by atoms with van der Waals surface area (Å²) in [5, 5.41) is 9.46. The smallest absolute Gasteiger partial charge is 0.312 e. The minimum Gasteiger partial charge on any atom is -0.466 e. The van der Waals surface area contributed by atoms with Crippen LogP contribution in [0.1, 0.15) is 51.9 Å². The molecule has 3 unspecified atom stereocenters. The third-order valence-corrected chi connectivity index (χ3v) is 8.61. The lowest BCUT2D eigenvalue weighted by molar-refractivity contribution is -0.155. The Balaban J connectivity index is 1.73. The maximum Gasteiger partial charge on any atom is 0.312 e. The highest BCUT2D eigenvalue weighted by Crippen LogP contribution is 2.60. The van der Waals surface area contributed by atoms with Crippen molar-refractivity contribution in [1.82, 2.24) is 9.80 Å². The first-order chi connectivity index (χ1) is 15.9. The van der Waals surface area contributed by atoms with Crippen LogP contribution in [0.4, 0.5) is 0 Å². The Morgan fingerprint density at radius 2 is 2.09 bits per heavy atom. The summed E-state index contributed by atoms with van der Waals surface area (Å²) < 4.78 is 11.8. The van der Waals surface area contributed by atoms with Crippen LogP contribution < -0.4 is 0 Å². The lowest BCUT2D eigenvalue weighted by Crippen LogP contribution is -2.58. The molecule has 3 saturated heterocycles. The Morgan fingerprint density at radius 3 is 2.73 bits per heavy atom. The van der Waals surface area contributed by atoms with Crippen LogP contribution in [0.25, 0.3) is 0 Å². The Hall–Kier alpha value is -1.45. The van der Waals surface area contributed by atoms with Crippen molar-refractivity contribution in [1.29, 1.82) is 0 Å². The van der Waals surface area contributed by atoms with Crippen LogP contribution >= 0.6 is 15.9 Å². The lowest BCUT2D eigenvalue weighted by Gasteiger charge is -2.41. The van der Waals surface area contributed by atoms with Gasteiger partial charge >= 0.3 is 5.97 Å². The molecule has 9 heteroatoms. The molecule has 1 N–H and O–H groups in total. The molecule has 1 saturated carbocycles. The van der Waals surface area contributed by atoms with E-state index in [2.05, 4.69) is 22.5 Å². The predicted molar refractivity (Wildman–Crippen MR) is 125 cm³/mol. The van der Waals surface area contributed by atoms with Crippen LogP contribution in [-0.2, 0) is 23.9 Å². The van der Waals surface area contributed by atoms with Gasteiger partial charge in [-0.05, 0) is 32.6 Å². The number of rotatable bonds is 9. The van der Waals surface area contributed by atoms with Gasteiger partial charge in [-0.3, -0.25) is 14.4 Å². The number of hydrogen-bond acceptors (Lipinski definition) is 6. The van der Waals surface area contributed by atoms with Crippen LogP contribution in [0, 0.1) is 11.8 Å². The van der Waals surface area contributed by atoms with Gasteiger partial charge in [0.2, 0.25) is 11.8 Å². The molecule has 0 aromatic rings. The number of fused-ring (bicyclic) bond motifs is 1. The van der Waals surface area contributed by atoms with E-state index in [-0.39, 0.29) is 42.4 Å². The molecular weight excluding hydrogens is 492 g/mol. The van der Waals surface area contributed by atoms with Crippen LogP contribution in [0.15, 0.2) is 12.7 Å². The van der Waals surface area contributed by atoms with Crippen molar-refractivity contribution in [2.45, 2.75) is 80.5 Å². The summed E-state index contributed by atoms with van der Waals surface area (Å²) in [5.74, 6) is -2.32. The first-order valence-corrected chi connectivity index (χ1v) is 13.1. The Kier molecular flexibility index (Phi) is 7.50. The van der Waals surface area contributed by atoms with Gasteiger partial charge in [-0.2, -0.15) is 0 Å². The van der Waals surface area contributed by atoms with Gasteiger partial charge in [-0.25, -0.2) is 0 Å². The molecular formula is C24H35BrN2O6. The monoisotopic (exact) mass is 526 g/mol. The quantitative estimate of drug-likeness (QED) is 0.280.